The Morgan fingerprint density at radius 3 is 2.07 bits per heavy atom. The zero-order valence-electron chi connectivity index (χ0n) is 17.9. The van der Waals surface area contributed by atoms with Crippen LogP contribution in [0.5, 0.6) is 0 Å². The fourth-order valence-electron chi connectivity index (χ4n) is 2.41. The summed E-state index contributed by atoms with van der Waals surface area (Å²) < 4.78 is 5.21. The molecular weight excluding hydrogens is 358 g/mol. The number of hydrogen-bond donors (Lipinski definition) is 3. The van der Waals surface area contributed by atoms with Gasteiger partial charge in [0.1, 0.15) is 17.2 Å². The van der Waals surface area contributed by atoms with Crippen LogP contribution in [0, 0.1) is 5.92 Å². The molecule has 1 rings (SSSR count). The Hall–Kier alpha value is -2.57. The maximum Gasteiger partial charge on any atom is 0.408 e. The minimum absolute atomic E-state index is 0.189. The zero-order chi connectivity index (χ0) is 21.5. The smallest absolute Gasteiger partial charge is 0.408 e. The van der Waals surface area contributed by atoms with Crippen molar-refractivity contribution in [3.05, 3.63) is 30.3 Å². The van der Waals surface area contributed by atoms with Gasteiger partial charge in [-0.3, -0.25) is 9.59 Å². The Kier molecular flexibility index (Phi) is 8.02. The van der Waals surface area contributed by atoms with Gasteiger partial charge in [-0.2, -0.15) is 0 Å². The van der Waals surface area contributed by atoms with Gasteiger partial charge < -0.3 is 20.7 Å². The number of para-hydroxylation sites is 1. The summed E-state index contributed by atoms with van der Waals surface area (Å²) >= 11 is 0. The standard InChI is InChI=1S/C21H33N3O4/c1-14(2)13-16(17(25)22-15-11-9-8-10-12-15)23-18(26)21(6,7)24-19(27)28-20(3,4)5/h8-12,14,16H,13H2,1-7H3,(H,22,25)(H,23,26)(H,24,27)/t16-/m0/s1. The van der Waals surface area contributed by atoms with Crippen LogP contribution in [0.1, 0.15) is 54.9 Å². The number of nitrogens with one attached hydrogen (secondary N) is 3. The molecule has 28 heavy (non-hydrogen) atoms. The van der Waals surface area contributed by atoms with Gasteiger partial charge in [0.15, 0.2) is 0 Å². The fraction of sp³-hybridized carbons (Fsp3) is 0.571. The molecule has 0 spiro atoms. The molecule has 0 aliphatic heterocycles. The molecule has 1 aromatic rings. The number of rotatable bonds is 7. The van der Waals surface area contributed by atoms with E-state index >= 15 is 0 Å². The van der Waals surface area contributed by atoms with Gasteiger partial charge in [0, 0.05) is 5.69 Å². The third-order valence-corrected chi connectivity index (χ3v) is 3.75. The quantitative estimate of drug-likeness (QED) is 0.663. The molecule has 0 unspecified atom stereocenters. The van der Waals surface area contributed by atoms with Crippen molar-refractivity contribution in [3.8, 4) is 0 Å². The van der Waals surface area contributed by atoms with Gasteiger partial charge in [-0.05, 0) is 59.1 Å². The molecular formula is C21H33N3O4. The van der Waals surface area contributed by atoms with E-state index in [9.17, 15) is 14.4 Å². The Morgan fingerprint density at radius 2 is 1.57 bits per heavy atom. The van der Waals surface area contributed by atoms with E-state index in [-0.39, 0.29) is 11.8 Å². The number of benzene rings is 1. The minimum atomic E-state index is -1.25. The number of alkyl carbamates (subject to hydrolysis) is 1. The molecule has 0 aliphatic carbocycles. The average Bonchev–Trinajstić information content (AvgIpc) is 2.52. The van der Waals surface area contributed by atoms with E-state index in [4.69, 9.17) is 4.74 Å². The first-order chi connectivity index (χ1) is 12.8. The topological polar surface area (TPSA) is 96.5 Å². The van der Waals surface area contributed by atoms with Crippen molar-refractivity contribution in [2.24, 2.45) is 5.92 Å². The third kappa shape index (κ3) is 8.41. The molecule has 0 fully saturated rings. The van der Waals surface area contributed by atoms with Crippen LogP contribution < -0.4 is 16.0 Å². The predicted octanol–water partition coefficient (Wildman–Crippen LogP) is 3.46. The first-order valence-corrected chi connectivity index (χ1v) is 9.48. The number of carbonyl (C=O) groups is 3. The summed E-state index contributed by atoms with van der Waals surface area (Å²) in [6, 6.07) is 8.32. The fourth-order valence-corrected chi connectivity index (χ4v) is 2.41. The highest BCUT2D eigenvalue weighted by molar-refractivity contribution is 5.99. The lowest BCUT2D eigenvalue weighted by molar-refractivity contribution is -0.130. The molecule has 1 atom stereocenters. The van der Waals surface area contributed by atoms with Crippen LogP contribution in [0.4, 0.5) is 10.5 Å². The summed E-state index contributed by atoms with van der Waals surface area (Å²) in [7, 11) is 0. The second-order valence-electron chi connectivity index (χ2n) is 8.76. The summed E-state index contributed by atoms with van der Waals surface area (Å²) in [4.78, 5) is 37.5. The van der Waals surface area contributed by atoms with E-state index in [1.807, 2.05) is 32.0 Å². The first-order valence-electron chi connectivity index (χ1n) is 9.48. The van der Waals surface area contributed by atoms with Crippen molar-refractivity contribution in [3.63, 3.8) is 0 Å². The average molecular weight is 392 g/mol. The third-order valence-electron chi connectivity index (χ3n) is 3.75. The summed E-state index contributed by atoms with van der Waals surface area (Å²) in [5, 5.41) is 8.12. The highest BCUT2D eigenvalue weighted by atomic mass is 16.6. The van der Waals surface area contributed by atoms with Gasteiger partial charge in [0.05, 0.1) is 0 Å². The number of ether oxygens (including phenoxy) is 1. The second-order valence-corrected chi connectivity index (χ2v) is 8.76. The number of carbonyl (C=O) groups excluding carboxylic acids is 3. The second kappa shape index (κ2) is 9.57. The number of amides is 3. The van der Waals surface area contributed by atoms with Crippen LogP contribution in [0.2, 0.25) is 0 Å². The number of hydrogen-bond acceptors (Lipinski definition) is 4. The van der Waals surface area contributed by atoms with Crippen molar-refractivity contribution in [2.45, 2.75) is 72.1 Å². The van der Waals surface area contributed by atoms with Gasteiger partial charge in [-0.25, -0.2) is 4.79 Å². The van der Waals surface area contributed by atoms with Gasteiger partial charge in [0.2, 0.25) is 11.8 Å². The van der Waals surface area contributed by atoms with Gasteiger partial charge in [0.25, 0.3) is 0 Å². The maximum absolute atomic E-state index is 12.8. The van der Waals surface area contributed by atoms with Crippen LogP contribution in [0.15, 0.2) is 30.3 Å². The molecule has 0 radical (unpaired) electrons. The van der Waals surface area contributed by atoms with E-state index in [0.29, 0.717) is 12.1 Å². The molecule has 7 heteroatoms. The molecule has 0 aliphatic rings. The Balaban J connectivity index is 2.82. The summed E-state index contributed by atoms with van der Waals surface area (Å²) in [6.07, 6.45) is -0.228. The number of anilines is 1. The van der Waals surface area contributed by atoms with Gasteiger partial charge in [-0.15, -0.1) is 0 Å². The van der Waals surface area contributed by atoms with Crippen molar-refractivity contribution in [2.75, 3.05) is 5.32 Å². The van der Waals surface area contributed by atoms with Crippen LogP contribution >= 0.6 is 0 Å². The van der Waals surface area contributed by atoms with Gasteiger partial charge >= 0.3 is 6.09 Å². The van der Waals surface area contributed by atoms with Crippen molar-refractivity contribution < 1.29 is 19.1 Å². The molecule has 3 amide bonds. The lowest BCUT2D eigenvalue weighted by Gasteiger charge is -2.30. The van der Waals surface area contributed by atoms with Crippen molar-refractivity contribution in [1.82, 2.24) is 10.6 Å². The predicted molar refractivity (Wildman–Crippen MR) is 110 cm³/mol. The molecule has 0 saturated carbocycles. The zero-order valence-corrected chi connectivity index (χ0v) is 17.9. The lowest BCUT2D eigenvalue weighted by Crippen LogP contribution is -2.59. The van der Waals surface area contributed by atoms with E-state index in [1.54, 1.807) is 46.8 Å². The molecule has 156 valence electrons. The normalized spacial score (nSPS) is 12.9. The Bertz CT molecular complexity index is 679. The van der Waals surface area contributed by atoms with Crippen LogP contribution in [0.3, 0.4) is 0 Å². The van der Waals surface area contributed by atoms with Crippen LogP contribution in [0.25, 0.3) is 0 Å². The molecule has 1 aromatic carbocycles. The van der Waals surface area contributed by atoms with Crippen LogP contribution in [-0.4, -0.2) is 35.1 Å². The van der Waals surface area contributed by atoms with E-state index in [1.165, 1.54) is 0 Å². The minimum Gasteiger partial charge on any atom is -0.444 e. The maximum atomic E-state index is 12.8. The summed E-state index contributed by atoms with van der Waals surface area (Å²) in [5.41, 5.74) is -1.27. The molecule has 0 bridgehead atoms. The Labute approximate surface area is 167 Å². The SMILES string of the molecule is CC(C)C[C@H](NC(=O)C(C)(C)NC(=O)OC(C)(C)C)C(=O)Nc1ccccc1. The first kappa shape index (κ1) is 23.5. The molecule has 0 heterocycles. The molecule has 3 N–H and O–H groups in total. The highest BCUT2D eigenvalue weighted by Gasteiger charge is 2.34. The van der Waals surface area contributed by atoms with Crippen molar-refractivity contribution in [1.29, 1.82) is 0 Å². The van der Waals surface area contributed by atoms with E-state index in [2.05, 4.69) is 16.0 Å². The molecule has 0 saturated heterocycles. The Morgan fingerprint density at radius 1 is 1.00 bits per heavy atom. The van der Waals surface area contributed by atoms with Crippen LogP contribution in [-0.2, 0) is 14.3 Å². The summed E-state index contributed by atoms with van der Waals surface area (Å²) in [5.74, 6) is -0.581. The highest BCUT2D eigenvalue weighted by Crippen LogP contribution is 2.13. The van der Waals surface area contributed by atoms with E-state index < -0.39 is 29.2 Å². The summed E-state index contributed by atoms with van der Waals surface area (Å²) in [6.45, 7) is 12.3. The molecule has 7 nitrogen and oxygen atoms in total. The monoisotopic (exact) mass is 391 g/mol. The van der Waals surface area contributed by atoms with Crippen molar-refractivity contribution >= 4 is 23.6 Å². The lowest BCUT2D eigenvalue weighted by atomic mass is 9.99. The largest absolute Gasteiger partial charge is 0.444 e. The van der Waals surface area contributed by atoms with Gasteiger partial charge in [-0.1, -0.05) is 32.0 Å². The molecule has 0 aromatic heterocycles. The van der Waals surface area contributed by atoms with E-state index in [0.717, 1.165) is 0 Å².